The minimum absolute atomic E-state index is 0. The summed E-state index contributed by atoms with van der Waals surface area (Å²) < 4.78 is 0. The van der Waals surface area contributed by atoms with Crippen LogP contribution in [0.3, 0.4) is 0 Å². The van der Waals surface area contributed by atoms with E-state index in [1.54, 1.807) is 0 Å². The third-order valence-corrected chi connectivity index (χ3v) is 5.44. The highest BCUT2D eigenvalue weighted by Gasteiger charge is 2.20. The van der Waals surface area contributed by atoms with Crippen LogP contribution in [-0.4, -0.2) is 68.1 Å². The minimum Gasteiger partial charge on any atom is -0.354 e. The van der Waals surface area contributed by atoms with Crippen molar-refractivity contribution in [1.29, 1.82) is 0 Å². The Morgan fingerprint density at radius 1 is 1.14 bits per heavy atom. The largest absolute Gasteiger partial charge is 0.354 e. The first-order chi connectivity index (χ1) is 13.3. The quantitative estimate of drug-likeness (QED) is 0.271. The molecule has 1 amide bonds. The fourth-order valence-corrected chi connectivity index (χ4v) is 3.95. The first-order valence-corrected chi connectivity index (χ1v) is 10.1. The number of anilines is 1. The monoisotopic (exact) mass is 500 g/mol. The first-order valence-electron chi connectivity index (χ1n) is 10.1. The van der Waals surface area contributed by atoms with E-state index in [-0.39, 0.29) is 29.9 Å². The lowest BCUT2D eigenvalue weighted by molar-refractivity contribution is -0.121. The Kier molecular flexibility index (Phi) is 9.80. The molecule has 0 bridgehead atoms. The lowest BCUT2D eigenvalue weighted by Crippen LogP contribution is -2.53. The summed E-state index contributed by atoms with van der Waals surface area (Å²) >= 11 is 0. The average Bonchev–Trinajstić information content (AvgIpc) is 3.22. The lowest BCUT2D eigenvalue weighted by Gasteiger charge is -2.37. The second-order valence-electron chi connectivity index (χ2n) is 7.34. The Bertz CT molecular complexity index is 612. The van der Waals surface area contributed by atoms with Crippen LogP contribution in [0.2, 0.25) is 0 Å². The van der Waals surface area contributed by atoms with Crippen LogP contribution in [0.5, 0.6) is 0 Å². The van der Waals surface area contributed by atoms with Crippen molar-refractivity contribution < 1.29 is 4.79 Å². The topological polar surface area (TPSA) is 72.9 Å². The normalized spacial score (nSPS) is 18.0. The molecule has 2 fully saturated rings. The fraction of sp³-hybridized carbons (Fsp3) is 0.650. The zero-order valence-corrected chi connectivity index (χ0v) is 19.1. The average molecular weight is 500 g/mol. The van der Waals surface area contributed by atoms with Gasteiger partial charge in [0, 0.05) is 58.9 Å². The van der Waals surface area contributed by atoms with Crippen LogP contribution in [0.15, 0.2) is 29.4 Å². The molecule has 0 unspecified atom stereocenters. The molecule has 0 radical (unpaired) electrons. The van der Waals surface area contributed by atoms with Crippen molar-refractivity contribution in [2.75, 3.05) is 51.2 Å². The van der Waals surface area contributed by atoms with Gasteiger partial charge < -0.3 is 20.4 Å². The lowest BCUT2D eigenvalue weighted by atomic mass is 10.0. The Labute approximate surface area is 185 Å². The van der Waals surface area contributed by atoms with Crippen LogP contribution >= 0.6 is 24.0 Å². The molecule has 1 saturated heterocycles. The number of nitrogens with zero attached hydrogens (tertiary/aromatic N) is 4. The van der Waals surface area contributed by atoms with E-state index in [1.165, 1.54) is 25.7 Å². The van der Waals surface area contributed by atoms with Gasteiger partial charge in [-0.2, -0.15) is 0 Å². The van der Waals surface area contributed by atoms with Gasteiger partial charge in [-0.15, -0.1) is 24.0 Å². The molecular weight excluding hydrogens is 467 g/mol. The number of carbonyl (C=O) groups is 1. The van der Waals surface area contributed by atoms with E-state index in [0.29, 0.717) is 25.4 Å². The molecule has 1 aliphatic heterocycles. The van der Waals surface area contributed by atoms with Gasteiger partial charge in [-0.25, -0.2) is 4.98 Å². The maximum absolute atomic E-state index is 12.0. The van der Waals surface area contributed by atoms with Crippen LogP contribution < -0.4 is 15.5 Å². The SMILES string of the molecule is CN=C(NCCNC(=O)CC1CCCC1)N1CCN(c2ccccn2)CC1.I. The Balaban J connectivity index is 0.00000280. The number of pyridine rings is 1. The van der Waals surface area contributed by atoms with Crippen molar-refractivity contribution in [3.05, 3.63) is 24.4 Å². The van der Waals surface area contributed by atoms with Crippen molar-refractivity contribution in [3.63, 3.8) is 0 Å². The highest BCUT2D eigenvalue weighted by atomic mass is 127. The number of nitrogens with one attached hydrogen (secondary N) is 2. The van der Waals surface area contributed by atoms with E-state index in [0.717, 1.165) is 38.0 Å². The summed E-state index contributed by atoms with van der Waals surface area (Å²) in [5.41, 5.74) is 0. The van der Waals surface area contributed by atoms with Crippen molar-refractivity contribution in [3.8, 4) is 0 Å². The number of piperazine rings is 1. The van der Waals surface area contributed by atoms with Gasteiger partial charge in [-0.05, 0) is 30.9 Å². The van der Waals surface area contributed by atoms with Crippen LogP contribution in [0.25, 0.3) is 0 Å². The number of halogens is 1. The molecule has 1 aliphatic carbocycles. The number of rotatable bonds is 6. The summed E-state index contributed by atoms with van der Waals surface area (Å²) in [4.78, 5) is 25.4. The minimum atomic E-state index is 0. The molecule has 7 nitrogen and oxygen atoms in total. The van der Waals surface area contributed by atoms with Crippen molar-refractivity contribution in [1.82, 2.24) is 20.5 Å². The molecular formula is C20H33IN6O. The number of amides is 1. The van der Waals surface area contributed by atoms with Gasteiger partial charge in [-0.3, -0.25) is 9.79 Å². The van der Waals surface area contributed by atoms with Gasteiger partial charge in [0.25, 0.3) is 0 Å². The highest BCUT2D eigenvalue weighted by molar-refractivity contribution is 14.0. The standard InChI is InChI=1S/C20H32N6O.HI/c1-21-20(24-11-10-23-19(27)16-17-6-2-3-7-17)26-14-12-25(13-15-26)18-8-4-5-9-22-18;/h4-5,8-9,17H,2-3,6-7,10-16H2,1H3,(H,21,24)(H,23,27);1H. The predicted octanol–water partition coefficient (Wildman–Crippen LogP) is 2.09. The van der Waals surface area contributed by atoms with Crippen molar-refractivity contribution in [2.24, 2.45) is 10.9 Å². The van der Waals surface area contributed by atoms with Crippen LogP contribution in [-0.2, 0) is 4.79 Å². The van der Waals surface area contributed by atoms with Crippen molar-refractivity contribution in [2.45, 2.75) is 32.1 Å². The Morgan fingerprint density at radius 3 is 2.50 bits per heavy atom. The molecule has 8 heteroatoms. The van der Waals surface area contributed by atoms with E-state index >= 15 is 0 Å². The van der Waals surface area contributed by atoms with Gasteiger partial charge in [0.1, 0.15) is 5.82 Å². The fourth-order valence-electron chi connectivity index (χ4n) is 3.95. The summed E-state index contributed by atoms with van der Waals surface area (Å²) in [6.45, 7) is 5.00. The van der Waals surface area contributed by atoms with Gasteiger partial charge >= 0.3 is 0 Å². The number of aromatic nitrogens is 1. The van der Waals surface area contributed by atoms with Crippen LogP contribution in [0.1, 0.15) is 32.1 Å². The molecule has 2 heterocycles. The summed E-state index contributed by atoms with van der Waals surface area (Å²) in [6, 6.07) is 6.02. The Hall–Kier alpha value is -1.58. The van der Waals surface area contributed by atoms with Crippen LogP contribution in [0.4, 0.5) is 5.82 Å². The number of guanidine groups is 1. The van der Waals surface area contributed by atoms with Gasteiger partial charge in [0.15, 0.2) is 5.96 Å². The smallest absolute Gasteiger partial charge is 0.220 e. The first kappa shape index (κ1) is 22.7. The molecule has 28 heavy (non-hydrogen) atoms. The maximum atomic E-state index is 12.0. The second-order valence-corrected chi connectivity index (χ2v) is 7.34. The van der Waals surface area contributed by atoms with Gasteiger partial charge in [0.05, 0.1) is 0 Å². The molecule has 0 aromatic carbocycles. The van der Waals surface area contributed by atoms with Gasteiger partial charge in [-0.1, -0.05) is 18.9 Å². The van der Waals surface area contributed by atoms with E-state index in [1.807, 2.05) is 25.4 Å². The molecule has 1 saturated carbocycles. The molecule has 3 rings (SSSR count). The van der Waals surface area contributed by atoms with E-state index < -0.39 is 0 Å². The third-order valence-electron chi connectivity index (χ3n) is 5.44. The van der Waals surface area contributed by atoms with E-state index in [2.05, 4.69) is 36.5 Å². The zero-order valence-electron chi connectivity index (χ0n) is 16.8. The van der Waals surface area contributed by atoms with Crippen molar-refractivity contribution >= 4 is 41.7 Å². The van der Waals surface area contributed by atoms with E-state index in [9.17, 15) is 4.79 Å². The molecule has 2 N–H and O–H groups in total. The van der Waals surface area contributed by atoms with E-state index in [4.69, 9.17) is 0 Å². The summed E-state index contributed by atoms with van der Waals surface area (Å²) in [6.07, 6.45) is 7.51. The highest BCUT2D eigenvalue weighted by Crippen LogP contribution is 2.27. The number of carbonyl (C=O) groups excluding carboxylic acids is 1. The molecule has 156 valence electrons. The summed E-state index contributed by atoms with van der Waals surface area (Å²) in [7, 11) is 1.81. The molecule has 1 aromatic rings. The third kappa shape index (κ3) is 6.79. The van der Waals surface area contributed by atoms with Crippen LogP contribution in [0, 0.1) is 5.92 Å². The molecule has 2 aliphatic rings. The number of hydrogen-bond donors (Lipinski definition) is 2. The summed E-state index contributed by atoms with van der Waals surface area (Å²) in [5, 5.41) is 6.40. The Morgan fingerprint density at radius 2 is 1.86 bits per heavy atom. The predicted molar refractivity (Wildman–Crippen MR) is 124 cm³/mol. The molecule has 1 aromatic heterocycles. The number of hydrogen-bond acceptors (Lipinski definition) is 4. The summed E-state index contributed by atoms with van der Waals surface area (Å²) in [5.74, 6) is 2.72. The van der Waals surface area contributed by atoms with Gasteiger partial charge in [0.2, 0.25) is 5.91 Å². The molecule has 0 atom stereocenters. The maximum Gasteiger partial charge on any atom is 0.220 e. The second kappa shape index (κ2) is 12.1. The number of aliphatic imine (C=N–C) groups is 1. The zero-order chi connectivity index (χ0) is 18.9. The molecule has 0 spiro atoms.